The van der Waals surface area contributed by atoms with Crippen LogP contribution in [0, 0.1) is 12.8 Å². The fourth-order valence-electron chi connectivity index (χ4n) is 2.70. The number of fused-ring (bicyclic) bond motifs is 3. The first-order chi connectivity index (χ1) is 6.55. The van der Waals surface area contributed by atoms with Crippen molar-refractivity contribution in [2.75, 3.05) is 0 Å². The summed E-state index contributed by atoms with van der Waals surface area (Å²) in [5.41, 5.74) is 1.65. The number of sulfone groups is 1. The van der Waals surface area contributed by atoms with Crippen molar-refractivity contribution in [2.24, 2.45) is 5.92 Å². The first kappa shape index (κ1) is 8.41. The van der Waals surface area contributed by atoms with Crippen LogP contribution < -0.4 is 0 Å². The molecule has 1 saturated carbocycles. The largest absolute Gasteiger partial charge is 0.260 e. The normalized spacial score (nSPS) is 36.3. The lowest BCUT2D eigenvalue weighted by Crippen LogP contribution is -2.09. The van der Waals surface area contributed by atoms with Gasteiger partial charge in [-0.3, -0.25) is 4.98 Å². The third-order valence-corrected chi connectivity index (χ3v) is 5.95. The highest BCUT2D eigenvalue weighted by Gasteiger charge is 2.63. The van der Waals surface area contributed by atoms with Crippen molar-refractivity contribution in [3.8, 4) is 0 Å². The molecule has 0 unspecified atom stereocenters. The molecule has 2 aliphatic rings. The van der Waals surface area contributed by atoms with Crippen molar-refractivity contribution in [3.63, 3.8) is 0 Å². The van der Waals surface area contributed by atoms with Crippen LogP contribution in [0.5, 0.6) is 0 Å². The van der Waals surface area contributed by atoms with E-state index in [2.05, 4.69) is 4.98 Å². The van der Waals surface area contributed by atoms with Crippen LogP contribution in [-0.2, 0) is 9.84 Å². The molecule has 74 valence electrons. The van der Waals surface area contributed by atoms with E-state index in [-0.39, 0.29) is 11.2 Å². The number of hydrogen-bond donors (Lipinski definition) is 0. The Hall–Kier alpha value is -0.900. The van der Waals surface area contributed by atoms with Gasteiger partial charge in [-0.2, -0.15) is 0 Å². The third kappa shape index (κ3) is 0.741. The van der Waals surface area contributed by atoms with Gasteiger partial charge >= 0.3 is 0 Å². The van der Waals surface area contributed by atoms with Crippen LogP contribution in [0.15, 0.2) is 17.2 Å². The summed E-state index contributed by atoms with van der Waals surface area (Å²) >= 11 is 0. The van der Waals surface area contributed by atoms with Crippen LogP contribution in [0.4, 0.5) is 0 Å². The minimum absolute atomic E-state index is 0.152. The van der Waals surface area contributed by atoms with E-state index in [0.717, 1.165) is 5.56 Å². The van der Waals surface area contributed by atoms with E-state index < -0.39 is 9.84 Å². The molecule has 1 aromatic rings. The van der Waals surface area contributed by atoms with Crippen LogP contribution in [0.3, 0.4) is 0 Å². The minimum Gasteiger partial charge on any atom is -0.260 e. The Bertz CT molecular complexity index is 521. The van der Waals surface area contributed by atoms with Gasteiger partial charge in [0.2, 0.25) is 0 Å². The lowest BCUT2D eigenvalue weighted by atomic mass is 10.1. The molecule has 0 N–H and O–H groups in total. The first-order valence-corrected chi connectivity index (χ1v) is 6.29. The summed E-state index contributed by atoms with van der Waals surface area (Å²) in [6.45, 7) is 3.78. The van der Waals surface area contributed by atoms with Gasteiger partial charge in [0.05, 0.1) is 15.8 Å². The molecule has 0 saturated heterocycles. The summed E-state index contributed by atoms with van der Waals surface area (Å²) in [5, 5.41) is -0.152. The lowest BCUT2D eigenvalue weighted by Gasteiger charge is -2.06. The average molecular weight is 209 g/mol. The van der Waals surface area contributed by atoms with Crippen LogP contribution in [-0.4, -0.2) is 18.7 Å². The van der Waals surface area contributed by atoms with E-state index in [0.29, 0.717) is 16.5 Å². The SMILES string of the molecule is Cc1nccc2c1S(=O)(=O)[C@H]1[C@@H](C)[C@@H]21. The van der Waals surface area contributed by atoms with Gasteiger partial charge in [-0.15, -0.1) is 0 Å². The van der Waals surface area contributed by atoms with Gasteiger partial charge in [0.25, 0.3) is 0 Å². The Kier molecular flexibility index (Phi) is 1.31. The van der Waals surface area contributed by atoms with Gasteiger partial charge in [0.15, 0.2) is 9.84 Å². The van der Waals surface area contributed by atoms with E-state index in [9.17, 15) is 8.42 Å². The number of nitrogens with zero attached hydrogens (tertiary/aromatic N) is 1. The molecule has 1 aliphatic heterocycles. The van der Waals surface area contributed by atoms with E-state index in [4.69, 9.17) is 0 Å². The van der Waals surface area contributed by atoms with Gasteiger partial charge in [0, 0.05) is 12.1 Å². The van der Waals surface area contributed by atoms with Gasteiger partial charge in [0.1, 0.15) is 0 Å². The molecule has 3 rings (SSSR count). The van der Waals surface area contributed by atoms with Gasteiger partial charge < -0.3 is 0 Å². The lowest BCUT2D eigenvalue weighted by molar-refractivity contribution is 0.592. The molecule has 0 amide bonds. The molecule has 14 heavy (non-hydrogen) atoms. The fourth-order valence-corrected chi connectivity index (χ4v) is 5.40. The highest BCUT2D eigenvalue weighted by atomic mass is 32.2. The van der Waals surface area contributed by atoms with Crippen molar-refractivity contribution in [3.05, 3.63) is 23.5 Å². The molecule has 3 atom stereocenters. The molecule has 1 aromatic heterocycles. The summed E-state index contributed by atoms with van der Waals surface area (Å²) in [5.74, 6) is 0.547. The summed E-state index contributed by atoms with van der Waals surface area (Å²) < 4.78 is 24.0. The van der Waals surface area contributed by atoms with Gasteiger partial charge in [-0.05, 0) is 24.5 Å². The quantitative estimate of drug-likeness (QED) is 0.646. The van der Waals surface area contributed by atoms with Gasteiger partial charge in [-0.1, -0.05) is 6.92 Å². The predicted octanol–water partition coefficient (Wildman–Crippen LogP) is 1.28. The van der Waals surface area contributed by atoms with Crippen molar-refractivity contribution in [2.45, 2.75) is 29.9 Å². The Labute approximate surface area is 83.1 Å². The summed E-state index contributed by atoms with van der Waals surface area (Å²) in [4.78, 5) is 4.55. The molecule has 4 heteroatoms. The van der Waals surface area contributed by atoms with E-state index >= 15 is 0 Å². The van der Waals surface area contributed by atoms with Crippen molar-refractivity contribution >= 4 is 9.84 Å². The molecule has 0 radical (unpaired) electrons. The Morgan fingerprint density at radius 3 is 2.86 bits per heavy atom. The van der Waals surface area contributed by atoms with Crippen LogP contribution in [0.2, 0.25) is 0 Å². The first-order valence-electron chi connectivity index (χ1n) is 4.74. The number of hydrogen-bond acceptors (Lipinski definition) is 3. The summed E-state index contributed by atoms with van der Waals surface area (Å²) in [7, 11) is -3.05. The van der Waals surface area contributed by atoms with Crippen molar-refractivity contribution < 1.29 is 8.42 Å². The van der Waals surface area contributed by atoms with Crippen LogP contribution in [0.1, 0.15) is 24.1 Å². The maximum Gasteiger partial charge on any atom is 0.184 e. The molecule has 1 aliphatic carbocycles. The van der Waals surface area contributed by atoms with E-state index in [1.165, 1.54) is 0 Å². The van der Waals surface area contributed by atoms with E-state index in [1.807, 2.05) is 13.0 Å². The summed E-state index contributed by atoms with van der Waals surface area (Å²) in [6.07, 6.45) is 1.71. The average Bonchev–Trinajstić information content (AvgIpc) is 2.68. The second kappa shape index (κ2) is 2.19. The number of pyridine rings is 1. The second-order valence-electron chi connectivity index (χ2n) is 4.21. The monoisotopic (exact) mass is 209 g/mol. The molecule has 0 aromatic carbocycles. The highest BCUT2D eigenvalue weighted by molar-refractivity contribution is 7.92. The van der Waals surface area contributed by atoms with Crippen molar-refractivity contribution in [1.82, 2.24) is 4.98 Å². The zero-order valence-electron chi connectivity index (χ0n) is 8.06. The highest BCUT2D eigenvalue weighted by Crippen LogP contribution is 2.61. The minimum atomic E-state index is -3.05. The molecule has 1 fully saturated rings. The molecule has 2 heterocycles. The second-order valence-corrected chi connectivity index (χ2v) is 6.25. The molecule has 0 bridgehead atoms. The number of aromatic nitrogens is 1. The predicted molar refractivity (Wildman–Crippen MR) is 51.9 cm³/mol. The van der Waals surface area contributed by atoms with Crippen LogP contribution in [0.25, 0.3) is 0 Å². The topological polar surface area (TPSA) is 47.0 Å². The molecular formula is C10H11NO2S. The van der Waals surface area contributed by atoms with Crippen LogP contribution >= 0.6 is 0 Å². The zero-order valence-corrected chi connectivity index (χ0v) is 8.88. The zero-order chi connectivity index (χ0) is 10.1. The molecule has 0 spiro atoms. The Morgan fingerprint density at radius 1 is 1.43 bits per heavy atom. The number of aryl methyl sites for hydroxylation is 1. The smallest absolute Gasteiger partial charge is 0.184 e. The standard InChI is InChI=1S/C10H11NO2S/c1-5-8-7-3-4-11-6(2)10(7)14(12,13)9(5)8/h3-5,8-9H,1-2H3/t5-,8-,9-/m0/s1. The van der Waals surface area contributed by atoms with Gasteiger partial charge in [-0.25, -0.2) is 8.42 Å². The Morgan fingerprint density at radius 2 is 2.14 bits per heavy atom. The van der Waals surface area contributed by atoms with Crippen molar-refractivity contribution in [1.29, 1.82) is 0 Å². The molecule has 3 nitrogen and oxygen atoms in total. The Balaban J connectivity index is 2.37. The van der Waals surface area contributed by atoms with E-state index in [1.54, 1.807) is 13.1 Å². The number of rotatable bonds is 0. The third-order valence-electron chi connectivity index (χ3n) is 3.41. The maximum absolute atomic E-state index is 12.0. The summed E-state index contributed by atoms with van der Waals surface area (Å²) in [6, 6.07) is 1.86. The molecular weight excluding hydrogens is 198 g/mol. The maximum atomic E-state index is 12.0. The fraction of sp³-hybridized carbons (Fsp3) is 0.500.